The Bertz CT molecular complexity index is 477. The van der Waals surface area contributed by atoms with Crippen LogP contribution in [0.4, 0.5) is 18.9 Å². The van der Waals surface area contributed by atoms with Crippen molar-refractivity contribution in [3.63, 3.8) is 0 Å². The van der Waals surface area contributed by atoms with Crippen molar-refractivity contribution in [1.82, 2.24) is 0 Å². The molecule has 1 atom stereocenters. The minimum Gasteiger partial charge on any atom is -0.330 e. The standard InChI is InChI=1S/C13H17F3N2OS/c1-8-3-4-11(20-7-13(14,15)16)10(5-8)18-12(19)9(2)6-17/h3-5,9H,6-7,17H2,1-2H3,(H,18,19). The average molecular weight is 306 g/mol. The zero-order valence-electron chi connectivity index (χ0n) is 11.3. The summed E-state index contributed by atoms with van der Waals surface area (Å²) in [5.74, 6) is -1.69. The lowest BCUT2D eigenvalue weighted by molar-refractivity contribution is -0.119. The number of anilines is 1. The summed E-state index contributed by atoms with van der Waals surface area (Å²) in [5.41, 5.74) is 6.65. The predicted octanol–water partition coefficient (Wildman–Crippen LogP) is 3.18. The number of thioether (sulfide) groups is 1. The normalized spacial score (nSPS) is 13.1. The Morgan fingerprint density at radius 3 is 2.65 bits per heavy atom. The molecule has 0 aliphatic carbocycles. The molecule has 1 aromatic carbocycles. The molecule has 3 N–H and O–H groups in total. The summed E-state index contributed by atoms with van der Waals surface area (Å²) in [6.45, 7) is 3.65. The third-order valence-corrected chi connectivity index (χ3v) is 3.72. The molecular formula is C13H17F3N2OS. The van der Waals surface area contributed by atoms with E-state index in [2.05, 4.69) is 5.32 Å². The molecule has 7 heteroatoms. The van der Waals surface area contributed by atoms with E-state index in [0.29, 0.717) is 22.3 Å². The van der Waals surface area contributed by atoms with Crippen LogP contribution in [0, 0.1) is 12.8 Å². The summed E-state index contributed by atoms with van der Waals surface area (Å²) in [4.78, 5) is 12.2. The van der Waals surface area contributed by atoms with Gasteiger partial charge in [0, 0.05) is 17.4 Å². The fourth-order valence-corrected chi connectivity index (χ4v) is 2.14. The van der Waals surface area contributed by atoms with Crippen LogP contribution in [0.1, 0.15) is 12.5 Å². The summed E-state index contributed by atoms with van der Waals surface area (Å²) in [6.07, 6.45) is -4.25. The van der Waals surface area contributed by atoms with Gasteiger partial charge < -0.3 is 11.1 Å². The van der Waals surface area contributed by atoms with Gasteiger partial charge in [-0.3, -0.25) is 4.79 Å². The molecule has 20 heavy (non-hydrogen) atoms. The van der Waals surface area contributed by atoms with Crippen molar-refractivity contribution < 1.29 is 18.0 Å². The number of benzene rings is 1. The Morgan fingerprint density at radius 1 is 1.45 bits per heavy atom. The van der Waals surface area contributed by atoms with Crippen LogP contribution in [0.5, 0.6) is 0 Å². The van der Waals surface area contributed by atoms with Crippen molar-refractivity contribution in [3.8, 4) is 0 Å². The van der Waals surface area contributed by atoms with Crippen LogP contribution in [0.15, 0.2) is 23.1 Å². The third-order valence-electron chi connectivity index (χ3n) is 2.59. The largest absolute Gasteiger partial charge is 0.398 e. The fraction of sp³-hybridized carbons (Fsp3) is 0.462. The van der Waals surface area contributed by atoms with E-state index in [9.17, 15) is 18.0 Å². The van der Waals surface area contributed by atoms with Gasteiger partial charge in [0.1, 0.15) is 0 Å². The van der Waals surface area contributed by atoms with E-state index in [0.717, 1.165) is 5.56 Å². The fourth-order valence-electron chi connectivity index (χ4n) is 1.39. The highest BCUT2D eigenvalue weighted by Gasteiger charge is 2.28. The van der Waals surface area contributed by atoms with Gasteiger partial charge in [-0.05, 0) is 24.6 Å². The first-order chi connectivity index (χ1) is 9.23. The van der Waals surface area contributed by atoms with Crippen LogP contribution in [0.3, 0.4) is 0 Å². The molecule has 0 saturated heterocycles. The van der Waals surface area contributed by atoms with E-state index in [1.165, 1.54) is 0 Å². The lowest BCUT2D eigenvalue weighted by Crippen LogP contribution is -2.27. The topological polar surface area (TPSA) is 55.1 Å². The molecule has 3 nitrogen and oxygen atoms in total. The third kappa shape index (κ3) is 5.42. The molecule has 0 aliphatic heterocycles. The molecule has 0 aromatic heterocycles. The van der Waals surface area contributed by atoms with Gasteiger partial charge in [0.25, 0.3) is 0 Å². The molecule has 1 rings (SSSR count). The zero-order valence-corrected chi connectivity index (χ0v) is 12.1. The average Bonchev–Trinajstić information content (AvgIpc) is 2.35. The molecule has 0 saturated carbocycles. The van der Waals surface area contributed by atoms with E-state index in [1.807, 2.05) is 0 Å². The maximum atomic E-state index is 12.3. The molecule has 1 aromatic rings. The zero-order chi connectivity index (χ0) is 15.3. The molecule has 0 radical (unpaired) electrons. The van der Waals surface area contributed by atoms with E-state index >= 15 is 0 Å². The molecule has 0 aliphatic rings. The van der Waals surface area contributed by atoms with Crippen LogP contribution in [-0.4, -0.2) is 24.4 Å². The van der Waals surface area contributed by atoms with Crippen molar-refractivity contribution in [2.75, 3.05) is 17.6 Å². The van der Waals surface area contributed by atoms with Crippen LogP contribution >= 0.6 is 11.8 Å². The van der Waals surface area contributed by atoms with Crippen LogP contribution in [0.2, 0.25) is 0 Å². The molecule has 112 valence electrons. The maximum absolute atomic E-state index is 12.3. The predicted molar refractivity (Wildman–Crippen MR) is 74.8 cm³/mol. The monoisotopic (exact) mass is 306 g/mol. The number of rotatable bonds is 5. The summed E-state index contributed by atoms with van der Waals surface area (Å²) < 4.78 is 36.8. The summed E-state index contributed by atoms with van der Waals surface area (Å²) in [5, 5.41) is 2.63. The van der Waals surface area contributed by atoms with Crippen molar-refractivity contribution in [2.24, 2.45) is 11.7 Å². The summed E-state index contributed by atoms with van der Waals surface area (Å²) >= 11 is 0.653. The highest BCUT2D eigenvalue weighted by Crippen LogP contribution is 2.33. The second-order valence-electron chi connectivity index (χ2n) is 4.53. The van der Waals surface area contributed by atoms with E-state index < -0.39 is 17.8 Å². The number of nitrogens with one attached hydrogen (secondary N) is 1. The number of nitrogens with two attached hydrogens (primary N) is 1. The van der Waals surface area contributed by atoms with Gasteiger partial charge in [-0.25, -0.2) is 0 Å². The van der Waals surface area contributed by atoms with Crippen molar-refractivity contribution in [3.05, 3.63) is 23.8 Å². The maximum Gasteiger partial charge on any atom is 0.398 e. The Kier molecular flexibility index (Phi) is 5.88. The number of alkyl halides is 3. The highest BCUT2D eigenvalue weighted by atomic mass is 32.2. The summed E-state index contributed by atoms with van der Waals surface area (Å²) in [7, 11) is 0. The first-order valence-corrected chi connectivity index (χ1v) is 7.02. The minimum atomic E-state index is -4.25. The second kappa shape index (κ2) is 6.99. The van der Waals surface area contributed by atoms with Gasteiger partial charge in [-0.15, -0.1) is 11.8 Å². The number of amides is 1. The van der Waals surface area contributed by atoms with Gasteiger partial charge >= 0.3 is 6.18 Å². The van der Waals surface area contributed by atoms with Crippen LogP contribution in [0.25, 0.3) is 0 Å². The Morgan fingerprint density at radius 2 is 2.10 bits per heavy atom. The van der Waals surface area contributed by atoms with Crippen molar-refractivity contribution >= 4 is 23.4 Å². The van der Waals surface area contributed by atoms with E-state index in [-0.39, 0.29) is 12.5 Å². The first kappa shape index (κ1) is 16.8. The van der Waals surface area contributed by atoms with Crippen LogP contribution in [-0.2, 0) is 4.79 Å². The van der Waals surface area contributed by atoms with Gasteiger partial charge in [0.05, 0.1) is 11.4 Å². The molecule has 0 bridgehead atoms. The molecule has 0 heterocycles. The smallest absolute Gasteiger partial charge is 0.330 e. The number of hydrogen-bond acceptors (Lipinski definition) is 3. The highest BCUT2D eigenvalue weighted by molar-refractivity contribution is 7.99. The SMILES string of the molecule is Cc1ccc(SCC(F)(F)F)c(NC(=O)C(C)CN)c1. The molecule has 0 fully saturated rings. The Hall–Kier alpha value is -1.21. The van der Waals surface area contributed by atoms with Crippen molar-refractivity contribution in [2.45, 2.75) is 24.9 Å². The lowest BCUT2D eigenvalue weighted by Gasteiger charge is -2.15. The second-order valence-corrected chi connectivity index (χ2v) is 5.55. The van der Waals surface area contributed by atoms with E-state index in [1.54, 1.807) is 32.0 Å². The van der Waals surface area contributed by atoms with Gasteiger partial charge in [-0.1, -0.05) is 13.0 Å². The summed E-state index contributed by atoms with van der Waals surface area (Å²) in [6, 6.07) is 4.94. The number of halogens is 3. The van der Waals surface area contributed by atoms with Crippen LogP contribution < -0.4 is 11.1 Å². The number of aryl methyl sites for hydroxylation is 1. The number of carbonyl (C=O) groups excluding carboxylic acids is 1. The Balaban J connectivity index is 2.87. The number of carbonyl (C=O) groups is 1. The lowest BCUT2D eigenvalue weighted by atomic mass is 10.1. The number of hydrogen-bond donors (Lipinski definition) is 2. The molecule has 0 spiro atoms. The van der Waals surface area contributed by atoms with Crippen molar-refractivity contribution in [1.29, 1.82) is 0 Å². The first-order valence-electron chi connectivity index (χ1n) is 6.04. The molecular weight excluding hydrogens is 289 g/mol. The quantitative estimate of drug-likeness (QED) is 0.822. The molecule has 1 amide bonds. The minimum absolute atomic E-state index is 0.183. The molecule has 1 unspecified atom stereocenters. The van der Waals surface area contributed by atoms with Gasteiger partial charge in [0.2, 0.25) is 5.91 Å². The van der Waals surface area contributed by atoms with Gasteiger partial charge in [0.15, 0.2) is 0 Å². The van der Waals surface area contributed by atoms with E-state index in [4.69, 9.17) is 5.73 Å². The Labute approximate surface area is 120 Å². The van der Waals surface area contributed by atoms with Gasteiger partial charge in [-0.2, -0.15) is 13.2 Å².